The van der Waals surface area contributed by atoms with Gasteiger partial charge in [0.15, 0.2) is 0 Å². The number of nitrogen functional groups attached to an aromatic ring is 1. The second-order valence-corrected chi connectivity index (χ2v) is 4.69. The number of benzene rings is 1. The molecule has 96 valence electrons. The maximum Gasteiger partial charge on any atom is 0.313 e. The molecular formula is C12H13F2N3O. The highest BCUT2D eigenvalue weighted by Gasteiger charge is 2.18. The molecule has 0 aliphatic carbocycles. The summed E-state index contributed by atoms with van der Waals surface area (Å²) in [7, 11) is 0. The van der Waals surface area contributed by atoms with Crippen LogP contribution in [0.3, 0.4) is 0 Å². The number of nitrogens with zero attached hydrogens (tertiary/aromatic N) is 2. The zero-order valence-corrected chi connectivity index (χ0v) is 10.1. The maximum absolute atomic E-state index is 13.6. The van der Waals surface area contributed by atoms with Crippen LogP contribution in [0.4, 0.5) is 14.8 Å². The predicted octanol–water partition coefficient (Wildman–Crippen LogP) is 2.75. The molecule has 0 saturated carbocycles. The van der Waals surface area contributed by atoms with Crippen molar-refractivity contribution < 1.29 is 13.2 Å². The molecule has 1 heterocycles. The van der Waals surface area contributed by atoms with Crippen LogP contribution in [0.2, 0.25) is 0 Å². The molecule has 6 heteroatoms. The van der Waals surface area contributed by atoms with Crippen molar-refractivity contribution in [3.05, 3.63) is 29.6 Å². The summed E-state index contributed by atoms with van der Waals surface area (Å²) >= 11 is 0. The first-order chi connectivity index (χ1) is 8.33. The van der Waals surface area contributed by atoms with Gasteiger partial charge in [-0.3, -0.25) is 0 Å². The molecule has 0 saturated heterocycles. The van der Waals surface area contributed by atoms with Crippen molar-refractivity contribution in [2.75, 3.05) is 5.73 Å². The molecule has 18 heavy (non-hydrogen) atoms. The SMILES string of the molecule is CC(C)(F)Cc1cc(F)cc(-c2nnc(N)o2)c1. The number of anilines is 1. The summed E-state index contributed by atoms with van der Waals surface area (Å²) < 4.78 is 32.0. The highest BCUT2D eigenvalue weighted by Crippen LogP contribution is 2.24. The van der Waals surface area contributed by atoms with Gasteiger partial charge in [-0.15, -0.1) is 5.10 Å². The number of hydrogen-bond donors (Lipinski definition) is 1. The molecule has 0 bridgehead atoms. The second-order valence-electron chi connectivity index (χ2n) is 4.69. The van der Waals surface area contributed by atoms with E-state index < -0.39 is 11.5 Å². The molecule has 1 aromatic heterocycles. The third-order valence-electron chi connectivity index (χ3n) is 2.27. The molecule has 0 spiro atoms. The van der Waals surface area contributed by atoms with Crippen LogP contribution in [0.25, 0.3) is 11.5 Å². The van der Waals surface area contributed by atoms with Gasteiger partial charge in [0, 0.05) is 12.0 Å². The number of hydrogen-bond acceptors (Lipinski definition) is 4. The first-order valence-electron chi connectivity index (χ1n) is 5.41. The average Bonchev–Trinajstić information content (AvgIpc) is 2.61. The molecule has 0 atom stereocenters. The van der Waals surface area contributed by atoms with Crippen molar-refractivity contribution in [3.63, 3.8) is 0 Å². The predicted molar refractivity (Wildman–Crippen MR) is 63.0 cm³/mol. The van der Waals surface area contributed by atoms with E-state index in [2.05, 4.69) is 10.2 Å². The molecule has 0 radical (unpaired) electrons. The van der Waals surface area contributed by atoms with Gasteiger partial charge in [-0.1, -0.05) is 5.10 Å². The van der Waals surface area contributed by atoms with Crippen molar-refractivity contribution in [2.45, 2.75) is 25.9 Å². The third-order valence-corrected chi connectivity index (χ3v) is 2.27. The Hall–Kier alpha value is -1.98. The standard InChI is InChI=1S/C12H13F2N3O/c1-12(2,14)6-7-3-8(5-9(13)4-7)10-16-17-11(15)18-10/h3-5H,6H2,1-2H3,(H2,15,17). The minimum atomic E-state index is -1.42. The van der Waals surface area contributed by atoms with Gasteiger partial charge in [-0.05, 0) is 37.6 Å². The molecule has 0 unspecified atom stereocenters. The normalized spacial score (nSPS) is 11.8. The van der Waals surface area contributed by atoms with Gasteiger partial charge in [-0.25, -0.2) is 8.78 Å². The van der Waals surface area contributed by atoms with E-state index in [0.29, 0.717) is 11.1 Å². The number of rotatable bonds is 3. The van der Waals surface area contributed by atoms with Gasteiger partial charge in [0.1, 0.15) is 11.5 Å². The lowest BCUT2D eigenvalue weighted by atomic mass is 9.98. The van der Waals surface area contributed by atoms with E-state index in [1.807, 2.05) is 0 Å². The Kier molecular flexibility index (Phi) is 3.02. The van der Waals surface area contributed by atoms with E-state index in [9.17, 15) is 8.78 Å². The second kappa shape index (κ2) is 4.36. The quantitative estimate of drug-likeness (QED) is 0.913. The number of halogens is 2. The van der Waals surface area contributed by atoms with Crippen LogP contribution in [-0.4, -0.2) is 15.9 Å². The Balaban J connectivity index is 2.38. The van der Waals surface area contributed by atoms with Crippen LogP contribution in [0.1, 0.15) is 19.4 Å². The molecule has 0 aliphatic rings. The van der Waals surface area contributed by atoms with Gasteiger partial charge >= 0.3 is 6.01 Å². The fourth-order valence-electron chi connectivity index (χ4n) is 1.71. The van der Waals surface area contributed by atoms with E-state index >= 15 is 0 Å². The summed E-state index contributed by atoms with van der Waals surface area (Å²) in [5, 5.41) is 7.15. The monoisotopic (exact) mass is 253 g/mol. The summed E-state index contributed by atoms with van der Waals surface area (Å²) in [4.78, 5) is 0. The number of aromatic nitrogens is 2. The molecule has 0 fully saturated rings. The van der Waals surface area contributed by atoms with Gasteiger partial charge in [0.2, 0.25) is 5.89 Å². The summed E-state index contributed by atoms with van der Waals surface area (Å²) in [5.74, 6) is -0.367. The van der Waals surface area contributed by atoms with Crippen LogP contribution in [0, 0.1) is 5.82 Å². The molecular weight excluding hydrogens is 240 g/mol. The van der Waals surface area contributed by atoms with Gasteiger partial charge in [-0.2, -0.15) is 0 Å². The molecule has 2 rings (SSSR count). The Morgan fingerprint density at radius 2 is 2.00 bits per heavy atom. The third kappa shape index (κ3) is 3.03. The minimum absolute atomic E-state index is 0.0957. The van der Waals surface area contributed by atoms with Crippen molar-refractivity contribution in [2.24, 2.45) is 0 Å². The van der Waals surface area contributed by atoms with Crippen LogP contribution < -0.4 is 5.73 Å². The van der Waals surface area contributed by atoms with Crippen molar-refractivity contribution >= 4 is 6.01 Å². The first kappa shape index (κ1) is 12.5. The summed E-state index contributed by atoms with van der Waals surface area (Å²) in [6, 6.07) is 4.03. The van der Waals surface area contributed by atoms with Crippen LogP contribution in [-0.2, 0) is 6.42 Å². The van der Waals surface area contributed by atoms with Gasteiger partial charge in [0.05, 0.1) is 0 Å². The summed E-state index contributed by atoms with van der Waals surface area (Å²) in [6.07, 6.45) is 0.0986. The summed E-state index contributed by atoms with van der Waals surface area (Å²) in [5.41, 5.74) is 4.79. The lowest BCUT2D eigenvalue weighted by Crippen LogP contribution is -2.15. The van der Waals surface area contributed by atoms with E-state index in [-0.39, 0.29) is 18.3 Å². The van der Waals surface area contributed by atoms with E-state index in [1.54, 1.807) is 6.07 Å². The van der Waals surface area contributed by atoms with Crippen molar-refractivity contribution in [3.8, 4) is 11.5 Å². The largest absolute Gasteiger partial charge is 0.404 e. The Morgan fingerprint density at radius 3 is 2.56 bits per heavy atom. The minimum Gasteiger partial charge on any atom is -0.404 e. The Labute approximate surface area is 103 Å². The smallest absolute Gasteiger partial charge is 0.313 e. The first-order valence-corrected chi connectivity index (χ1v) is 5.41. The van der Waals surface area contributed by atoms with Gasteiger partial charge in [0.25, 0.3) is 0 Å². The Morgan fingerprint density at radius 1 is 1.28 bits per heavy atom. The van der Waals surface area contributed by atoms with Crippen LogP contribution in [0.5, 0.6) is 0 Å². The highest BCUT2D eigenvalue weighted by molar-refractivity contribution is 5.55. The Bertz CT molecular complexity index is 561. The lowest BCUT2D eigenvalue weighted by molar-refractivity contribution is 0.217. The fraction of sp³-hybridized carbons (Fsp3) is 0.333. The molecule has 1 aromatic carbocycles. The topological polar surface area (TPSA) is 64.9 Å². The number of alkyl halides is 1. The van der Waals surface area contributed by atoms with Crippen LogP contribution in [0.15, 0.2) is 22.6 Å². The van der Waals surface area contributed by atoms with E-state index in [4.69, 9.17) is 10.2 Å². The van der Waals surface area contributed by atoms with Crippen molar-refractivity contribution in [1.82, 2.24) is 10.2 Å². The van der Waals surface area contributed by atoms with Crippen LogP contribution >= 0.6 is 0 Å². The number of nitrogens with two attached hydrogens (primary N) is 1. The lowest BCUT2D eigenvalue weighted by Gasteiger charge is -2.14. The zero-order chi connectivity index (χ0) is 13.3. The average molecular weight is 253 g/mol. The van der Waals surface area contributed by atoms with E-state index in [1.165, 1.54) is 26.0 Å². The zero-order valence-electron chi connectivity index (χ0n) is 10.1. The summed E-state index contributed by atoms with van der Waals surface area (Å²) in [6.45, 7) is 2.87. The maximum atomic E-state index is 13.6. The molecule has 4 nitrogen and oxygen atoms in total. The molecule has 0 aliphatic heterocycles. The van der Waals surface area contributed by atoms with Crippen molar-refractivity contribution in [1.29, 1.82) is 0 Å². The fourth-order valence-corrected chi connectivity index (χ4v) is 1.71. The van der Waals surface area contributed by atoms with Gasteiger partial charge < -0.3 is 10.2 Å². The molecule has 2 N–H and O–H groups in total. The molecule has 0 amide bonds. The van der Waals surface area contributed by atoms with E-state index in [0.717, 1.165) is 0 Å². The highest BCUT2D eigenvalue weighted by atomic mass is 19.1. The molecule has 2 aromatic rings.